The van der Waals surface area contributed by atoms with Crippen molar-refractivity contribution in [3.05, 3.63) is 70.6 Å². The predicted molar refractivity (Wildman–Crippen MR) is 166 cm³/mol. The van der Waals surface area contributed by atoms with E-state index in [1.807, 2.05) is 24.3 Å². The predicted octanol–water partition coefficient (Wildman–Crippen LogP) is 5.81. The average Bonchev–Trinajstić information content (AvgIpc) is 3.60. The molecule has 40 heavy (non-hydrogen) atoms. The van der Waals surface area contributed by atoms with Gasteiger partial charge in [0.05, 0.1) is 17.5 Å². The van der Waals surface area contributed by atoms with E-state index < -0.39 is 5.54 Å². The minimum Gasteiger partial charge on any atom is -0.379 e. The minimum absolute atomic E-state index is 0. The molecule has 0 radical (unpaired) electrons. The number of fused-ring (bicyclic) bond motifs is 1. The fourth-order valence-corrected chi connectivity index (χ4v) is 6.99. The van der Waals surface area contributed by atoms with Crippen molar-refractivity contribution in [2.75, 3.05) is 26.3 Å². The zero-order chi connectivity index (χ0) is 27.1. The first-order valence-electron chi connectivity index (χ1n) is 14.5. The van der Waals surface area contributed by atoms with Crippen LogP contribution in [0.25, 0.3) is 10.1 Å². The number of hydrogen-bond donors (Lipinski definition) is 3. The third kappa shape index (κ3) is 7.84. The summed E-state index contributed by atoms with van der Waals surface area (Å²) in [6.07, 6.45) is 7.32. The summed E-state index contributed by atoms with van der Waals surface area (Å²) in [4.78, 5) is 27.9. The standard InChI is InChI=1S/C32H41N3O3S.ClH/c1-23-9-10-26-21-29(39-28(26)19-23)30(36)35-32(14-5-6-15-32)31(37)34-27(20-25-7-3-2-4-8-25)22-38-18-13-24-11-16-33-17-12-24;/h2-4,7-10,19,21,24,27,33H,5-6,11-18,20,22H2,1H3,(H,34,37)(H,35,36);1H/t27-;/m1./s1. The number of rotatable bonds is 11. The lowest BCUT2D eigenvalue weighted by Gasteiger charge is -2.31. The summed E-state index contributed by atoms with van der Waals surface area (Å²) in [5, 5.41) is 10.9. The number of aryl methyl sites for hydroxylation is 1. The van der Waals surface area contributed by atoms with E-state index in [0.29, 0.717) is 43.3 Å². The highest BCUT2D eigenvalue weighted by Gasteiger charge is 2.43. The number of piperidine rings is 1. The molecule has 0 bridgehead atoms. The molecule has 216 valence electrons. The van der Waals surface area contributed by atoms with E-state index in [1.54, 1.807) is 0 Å². The molecule has 0 unspecified atom stereocenters. The van der Waals surface area contributed by atoms with Crippen molar-refractivity contribution in [1.29, 1.82) is 0 Å². The Morgan fingerprint density at radius 2 is 1.82 bits per heavy atom. The van der Waals surface area contributed by atoms with Crippen LogP contribution in [0.15, 0.2) is 54.6 Å². The maximum Gasteiger partial charge on any atom is 0.262 e. The molecular formula is C32H42ClN3O3S. The summed E-state index contributed by atoms with van der Waals surface area (Å²) in [7, 11) is 0. The molecular weight excluding hydrogens is 542 g/mol. The van der Waals surface area contributed by atoms with Crippen LogP contribution in [0.1, 0.15) is 65.7 Å². The highest BCUT2D eigenvalue weighted by Crippen LogP contribution is 2.32. The Labute approximate surface area is 248 Å². The molecule has 1 saturated carbocycles. The van der Waals surface area contributed by atoms with Crippen LogP contribution in [0.3, 0.4) is 0 Å². The molecule has 2 aromatic carbocycles. The molecule has 1 saturated heterocycles. The lowest BCUT2D eigenvalue weighted by Crippen LogP contribution is -2.59. The maximum atomic E-state index is 13.8. The van der Waals surface area contributed by atoms with Gasteiger partial charge >= 0.3 is 0 Å². The van der Waals surface area contributed by atoms with Crippen LogP contribution in [0, 0.1) is 12.8 Å². The Hall–Kier alpha value is -2.45. The molecule has 0 spiro atoms. The summed E-state index contributed by atoms with van der Waals surface area (Å²) in [5.74, 6) is 0.458. The van der Waals surface area contributed by atoms with Gasteiger partial charge < -0.3 is 20.7 Å². The lowest BCUT2D eigenvalue weighted by molar-refractivity contribution is -0.128. The first kappa shape index (κ1) is 30.5. The zero-order valence-corrected chi connectivity index (χ0v) is 25.0. The van der Waals surface area contributed by atoms with Gasteiger partial charge in [0, 0.05) is 11.3 Å². The normalized spacial score (nSPS) is 17.7. The van der Waals surface area contributed by atoms with Crippen molar-refractivity contribution in [2.24, 2.45) is 5.92 Å². The van der Waals surface area contributed by atoms with E-state index in [4.69, 9.17) is 4.74 Å². The molecule has 1 aliphatic heterocycles. The van der Waals surface area contributed by atoms with Gasteiger partial charge in [0.2, 0.25) is 5.91 Å². The van der Waals surface area contributed by atoms with Crippen LogP contribution in [0.2, 0.25) is 0 Å². The van der Waals surface area contributed by atoms with E-state index in [2.05, 4.69) is 53.2 Å². The van der Waals surface area contributed by atoms with Crippen molar-refractivity contribution in [3.63, 3.8) is 0 Å². The summed E-state index contributed by atoms with van der Waals surface area (Å²) in [6, 6.07) is 18.2. The zero-order valence-electron chi connectivity index (χ0n) is 23.4. The molecule has 6 nitrogen and oxygen atoms in total. The second kappa shape index (κ2) is 14.4. The van der Waals surface area contributed by atoms with Gasteiger partial charge in [-0.25, -0.2) is 0 Å². The highest BCUT2D eigenvalue weighted by atomic mass is 35.5. The van der Waals surface area contributed by atoms with Crippen LogP contribution >= 0.6 is 23.7 Å². The summed E-state index contributed by atoms with van der Waals surface area (Å²) < 4.78 is 7.23. The Balaban J connectivity index is 0.00000370. The first-order chi connectivity index (χ1) is 19.0. The third-order valence-corrected chi connectivity index (χ3v) is 9.35. The SMILES string of the molecule is Cc1ccc2cc(C(=O)NC3(C(=O)N[C@@H](COCCC4CCNCC4)Cc4ccccc4)CCCC3)sc2c1.Cl. The Morgan fingerprint density at radius 1 is 1.07 bits per heavy atom. The summed E-state index contributed by atoms with van der Waals surface area (Å²) in [6.45, 7) is 5.41. The van der Waals surface area contributed by atoms with Gasteiger partial charge in [-0.1, -0.05) is 55.3 Å². The van der Waals surface area contributed by atoms with E-state index in [0.717, 1.165) is 48.0 Å². The fourth-order valence-electron chi connectivity index (χ4n) is 5.94. The van der Waals surface area contributed by atoms with Crippen molar-refractivity contribution in [1.82, 2.24) is 16.0 Å². The van der Waals surface area contributed by atoms with Crippen molar-refractivity contribution >= 4 is 45.6 Å². The number of benzene rings is 2. The average molecular weight is 584 g/mol. The molecule has 5 rings (SSSR count). The number of halogens is 1. The topological polar surface area (TPSA) is 79.5 Å². The molecule has 2 amide bonds. The Kier molecular flexibility index (Phi) is 11.0. The van der Waals surface area contributed by atoms with E-state index >= 15 is 0 Å². The Morgan fingerprint density at radius 3 is 2.58 bits per heavy atom. The second-order valence-electron chi connectivity index (χ2n) is 11.3. The first-order valence-corrected chi connectivity index (χ1v) is 15.3. The van der Waals surface area contributed by atoms with E-state index in [-0.39, 0.29) is 30.3 Å². The molecule has 8 heteroatoms. The van der Waals surface area contributed by atoms with Gasteiger partial charge in [-0.05, 0) is 93.1 Å². The minimum atomic E-state index is -0.882. The molecule has 1 atom stereocenters. The van der Waals surface area contributed by atoms with Gasteiger partial charge in [-0.15, -0.1) is 23.7 Å². The van der Waals surface area contributed by atoms with E-state index in [1.165, 1.54) is 29.7 Å². The number of ether oxygens (including phenoxy) is 1. The molecule has 3 N–H and O–H groups in total. The Bertz CT molecular complexity index is 1250. The van der Waals surface area contributed by atoms with Crippen LogP contribution in [-0.2, 0) is 16.0 Å². The number of carbonyl (C=O) groups is 2. The lowest BCUT2D eigenvalue weighted by atomic mass is 9.94. The number of thiophene rings is 1. The monoisotopic (exact) mass is 583 g/mol. The maximum absolute atomic E-state index is 13.8. The summed E-state index contributed by atoms with van der Waals surface area (Å²) in [5.41, 5.74) is 1.45. The molecule has 1 aliphatic carbocycles. The second-order valence-corrected chi connectivity index (χ2v) is 12.4. The van der Waals surface area contributed by atoms with Gasteiger partial charge in [-0.3, -0.25) is 9.59 Å². The highest BCUT2D eigenvalue weighted by molar-refractivity contribution is 7.20. The molecule has 1 aromatic heterocycles. The van der Waals surface area contributed by atoms with Gasteiger partial charge in [0.25, 0.3) is 5.91 Å². The van der Waals surface area contributed by atoms with Gasteiger partial charge in [-0.2, -0.15) is 0 Å². The number of nitrogens with one attached hydrogen (secondary N) is 3. The number of amides is 2. The number of hydrogen-bond acceptors (Lipinski definition) is 5. The largest absolute Gasteiger partial charge is 0.379 e. The van der Waals surface area contributed by atoms with Crippen LogP contribution < -0.4 is 16.0 Å². The molecule has 2 heterocycles. The molecule has 3 aromatic rings. The van der Waals surface area contributed by atoms with Gasteiger partial charge in [0.15, 0.2) is 0 Å². The van der Waals surface area contributed by atoms with E-state index in [9.17, 15) is 9.59 Å². The fraction of sp³-hybridized carbons (Fsp3) is 0.500. The van der Waals surface area contributed by atoms with Crippen LogP contribution in [0.5, 0.6) is 0 Å². The smallest absolute Gasteiger partial charge is 0.262 e. The molecule has 2 fully saturated rings. The van der Waals surface area contributed by atoms with Gasteiger partial charge in [0.1, 0.15) is 5.54 Å². The number of carbonyl (C=O) groups excluding carboxylic acids is 2. The summed E-state index contributed by atoms with van der Waals surface area (Å²) >= 11 is 1.49. The van der Waals surface area contributed by atoms with Crippen molar-refractivity contribution in [2.45, 2.75) is 69.9 Å². The van der Waals surface area contributed by atoms with Crippen LogP contribution in [0.4, 0.5) is 0 Å². The molecule has 2 aliphatic rings. The quantitative estimate of drug-likeness (QED) is 0.249. The van der Waals surface area contributed by atoms with Crippen LogP contribution in [-0.4, -0.2) is 49.7 Å². The van der Waals surface area contributed by atoms with Crippen molar-refractivity contribution < 1.29 is 14.3 Å². The third-order valence-electron chi connectivity index (χ3n) is 8.25. The van der Waals surface area contributed by atoms with Crippen molar-refractivity contribution in [3.8, 4) is 0 Å².